The van der Waals surface area contributed by atoms with E-state index in [4.69, 9.17) is 25.6 Å². The van der Waals surface area contributed by atoms with Crippen LogP contribution >= 0.6 is 11.6 Å². The van der Waals surface area contributed by atoms with Crippen LogP contribution in [-0.2, 0) is 11.3 Å². The Morgan fingerprint density at radius 1 is 1.19 bits per heavy atom. The second-order valence-corrected chi connectivity index (χ2v) is 5.67. The summed E-state index contributed by atoms with van der Waals surface area (Å²) < 4.78 is 15.8. The number of hydrogen-bond donors (Lipinski definition) is 1. The van der Waals surface area contributed by atoms with E-state index in [2.05, 4.69) is 15.5 Å². The Labute approximate surface area is 154 Å². The first-order valence-electron chi connectivity index (χ1n) is 7.77. The minimum absolute atomic E-state index is 0.102. The number of hydrogen-bond acceptors (Lipinski definition) is 6. The van der Waals surface area contributed by atoms with E-state index in [1.165, 1.54) is 0 Å². The molecule has 7 nitrogen and oxygen atoms in total. The Balaban J connectivity index is 1.53. The maximum Gasteiger partial charge on any atom is 0.258 e. The Morgan fingerprint density at radius 3 is 2.73 bits per heavy atom. The molecular formula is C18H16ClN3O4. The fraction of sp³-hybridized carbons (Fsp3) is 0.167. The third kappa shape index (κ3) is 4.52. The van der Waals surface area contributed by atoms with E-state index in [1.54, 1.807) is 37.4 Å². The van der Waals surface area contributed by atoms with Crippen molar-refractivity contribution in [3.8, 4) is 22.9 Å². The zero-order valence-electron chi connectivity index (χ0n) is 13.9. The highest BCUT2D eigenvalue weighted by Crippen LogP contribution is 2.26. The molecule has 26 heavy (non-hydrogen) atoms. The predicted molar refractivity (Wildman–Crippen MR) is 95.1 cm³/mol. The molecule has 0 aliphatic heterocycles. The standard InChI is InChI=1S/C18H16ClN3O4/c1-24-15-5-3-2-4-14(15)18-21-17(26-22-18)10-20-16(23)11-25-13-8-6-12(19)7-9-13/h2-9H,10-11H2,1H3,(H,20,23). The fourth-order valence-electron chi connectivity index (χ4n) is 2.17. The number of benzene rings is 2. The van der Waals surface area contributed by atoms with E-state index in [9.17, 15) is 4.79 Å². The summed E-state index contributed by atoms with van der Waals surface area (Å²) in [5, 5.41) is 7.17. The van der Waals surface area contributed by atoms with Gasteiger partial charge in [-0.1, -0.05) is 28.9 Å². The van der Waals surface area contributed by atoms with Crippen LogP contribution in [0.5, 0.6) is 11.5 Å². The van der Waals surface area contributed by atoms with Crippen molar-refractivity contribution in [1.82, 2.24) is 15.5 Å². The summed E-state index contributed by atoms with van der Waals surface area (Å²) in [4.78, 5) is 16.1. The van der Waals surface area contributed by atoms with Gasteiger partial charge in [0.15, 0.2) is 6.61 Å². The van der Waals surface area contributed by atoms with Gasteiger partial charge in [-0.3, -0.25) is 4.79 Å². The van der Waals surface area contributed by atoms with Crippen LogP contribution in [-0.4, -0.2) is 29.8 Å². The van der Waals surface area contributed by atoms with Crippen molar-refractivity contribution < 1.29 is 18.8 Å². The molecule has 0 bridgehead atoms. The molecule has 3 aromatic rings. The van der Waals surface area contributed by atoms with Gasteiger partial charge in [-0.2, -0.15) is 4.98 Å². The smallest absolute Gasteiger partial charge is 0.258 e. The van der Waals surface area contributed by atoms with Gasteiger partial charge in [0.2, 0.25) is 11.7 Å². The quantitative estimate of drug-likeness (QED) is 0.684. The van der Waals surface area contributed by atoms with Crippen molar-refractivity contribution in [2.45, 2.75) is 6.54 Å². The number of halogens is 1. The monoisotopic (exact) mass is 373 g/mol. The number of amides is 1. The van der Waals surface area contributed by atoms with Gasteiger partial charge >= 0.3 is 0 Å². The maximum atomic E-state index is 11.9. The lowest BCUT2D eigenvalue weighted by molar-refractivity contribution is -0.123. The third-order valence-electron chi connectivity index (χ3n) is 3.44. The summed E-state index contributed by atoms with van der Waals surface area (Å²) in [6.07, 6.45) is 0. The normalized spacial score (nSPS) is 10.4. The zero-order chi connectivity index (χ0) is 18.4. The van der Waals surface area contributed by atoms with E-state index in [0.717, 1.165) is 0 Å². The molecule has 0 aliphatic rings. The molecule has 0 saturated heterocycles. The molecule has 2 aromatic carbocycles. The molecule has 8 heteroatoms. The molecule has 0 atom stereocenters. The van der Waals surface area contributed by atoms with Crippen molar-refractivity contribution in [2.24, 2.45) is 0 Å². The van der Waals surface area contributed by atoms with E-state index in [0.29, 0.717) is 27.9 Å². The van der Waals surface area contributed by atoms with Crippen LogP contribution in [0.2, 0.25) is 5.02 Å². The van der Waals surface area contributed by atoms with E-state index in [-0.39, 0.29) is 24.9 Å². The first-order valence-corrected chi connectivity index (χ1v) is 8.14. The van der Waals surface area contributed by atoms with Crippen molar-refractivity contribution in [3.63, 3.8) is 0 Å². The number of aromatic nitrogens is 2. The number of ether oxygens (including phenoxy) is 2. The summed E-state index contributed by atoms with van der Waals surface area (Å²) in [6.45, 7) is -0.0277. The molecule has 0 radical (unpaired) electrons. The Morgan fingerprint density at radius 2 is 1.96 bits per heavy atom. The summed E-state index contributed by atoms with van der Waals surface area (Å²) in [6, 6.07) is 14.1. The Hall–Kier alpha value is -3.06. The van der Waals surface area contributed by atoms with Crippen molar-refractivity contribution in [3.05, 3.63) is 59.4 Å². The lowest BCUT2D eigenvalue weighted by Gasteiger charge is -2.06. The molecule has 0 spiro atoms. The average Bonchev–Trinajstić information content (AvgIpc) is 3.14. The number of nitrogens with zero attached hydrogens (tertiary/aromatic N) is 2. The highest BCUT2D eigenvalue weighted by atomic mass is 35.5. The van der Waals surface area contributed by atoms with E-state index >= 15 is 0 Å². The second kappa shape index (κ2) is 8.35. The highest BCUT2D eigenvalue weighted by Gasteiger charge is 2.13. The molecule has 1 heterocycles. The number of rotatable bonds is 7. The number of para-hydroxylation sites is 1. The van der Waals surface area contributed by atoms with Gasteiger partial charge < -0.3 is 19.3 Å². The first-order chi connectivity index (χ1) is 12.7. The SMILES string of the molecule is COc1ccccc1-c1noc(CNC(=O)COc2ccc(Cl)cc2)n1. The third-order valence-corrected chi connectivity index (χ3v) is 3.69. The van der Waals surface area contributed by atoms with Crippen molar-refractivity contribution in [2.75, 3.05) is 13.7 Å². The molecule has 1 aromatic heterocycles. The number of carbonyl (C=O) groups is 1. The lowest BCUT2D eigenvalue weighted by atomic mass is 10.2. The van der Waals surface area contributed by atoms with Gasteiger partial charge in [0.25, 0.3) is 5.91 Å². The molecule has 134 valence electrons. The van der Waals surface area contributed by atoms with Crippen LogP contribution in [0.1, 0.15) is 5.89 Å². The van der Waals surface area contributed by atoms with Crippen molar-refractivity contribution in [1.29, 1.82) is 0 Å². The topological polar surface area (TPSA) is 86.5 Å². The Bertz CT molecular complexity index is 880. The first kappa shape index (κ1) is 17.8. The largest absolute Gasteiger partial charge is 0.496 e. The summed E-state index contributed by atoms with van der Waals surface area (Å²) in [5.41, 5.74) is 0.711. The molecule has 0 aliphatic carbocycles. The summed E-state index contributed by atoms with van der Waals surface area (Å²) in [5.74, 6) is 1.56. The predicted octanol–water partition coefficient (Wildman–Crippen LogP) is 3.09. The molecule has 0 unspecified atom stereocenters. The van der Waals surface area contributed by atoms with Gasteiger partial charge in [0, 0.05) is 5.02 Å². The van der Waals surface area contributed by atoms with Crippen LogP contribution in [0.3, 0.4) is 0 Å². The minimum Gasteiger partial charge on any atom is -0.496 e. The highest BCUT2D eigenvalue weighted by molar-refractivity contribution is 6.30. The van der Waals surface area contributed by atoms with Crippen LogP contribution in [0.4, 0.5) is 0 Å². The van der Waals surface area contributed by atoms with Crippen LogP contribution < -0.4 is 14.8 Å². The second-order valence-electron chi connectivity index (χ2n) is 5.23. The lowest BCUT2D eigenvalue weighted by Crippen LogP contribution is -2.28. The fourth-order valence-corrected chi connectivity index (χ4v) is 2.30. The van der Waals surface area contributed by atoms with Gasteiger partial charge in [-0.25, -0.2) is 0 Å². The zero-order valence-corrected chi connectivity index (χ0v) is 14.7. The minimum atomic E-state index is -0.308. The van der Waals surface area contributed by atoms with E-state index in [1.807, 2.05) is 18.2 Å². The van der Waals surface area contributed by atoms with Crippen LogP contribution in [0.15, 0.2) is 53.1 Å². The van der Waals surface area contributed by atoms with Crippen molar-refractivity contribution >= 4 is 17.5 Å². The van der Waals surface area contributed by atoms with Gasteiger partial charge in [0.05, 0.1) is 19.2 Å². The molecular weight excluding hydrogens is 358 g/mol. The number of methoxy groups -OCH3 is 1. The van der Waals surface area contributed by atoms with Crippen LogP contribution in [0, 0.1) is 0 Å². The van der Waals surface area contributed by atoms with Gasteiger partial charge in [-0.15, -0.1) is 0 Å². The summed E-state index contributed by atoms with van der Waals surface area (Å²) in [7, 11) is 1.57. The molecule has 0 fully saturated rings. The molecule has 0 saturated carbocycles. The van der Waals surface area contributed by atoms with E-state index < -0.39 is 0 Å². The average molecular weight is 374 g/mol. The molecule has 1 amide bonds. The number of nitrogens with one attached hydrogen (secondary N) is 1. The maximum absolute atomic E-state index is 11.9. The van der Waals surface area contributed by atoms with Gasteiger partial charge in [0.1, 0.15) is 11.5 Å². The summed E-state index contributed by atoms with van der Waals surface area (Å²) >= 11 is 5.79. The molecule has 3 rings (SSSR count). The van der Waals surface area contributed by atoms with Gasteiger partial charge in [-0.05, 0) is 36.4 Å². The molecule has 1 N–H and O–H groups in total. The van der Waals surface area contributed by atoms with Crippen LogP contribution in [0.25, 0.3) is 11.4 Å². The Kier molecular flexibility index (Phi) is 5.70. The number of carbonyl (C=O) groups excluding carboxylic acids is 1.